The number of benzene rings is 1. The van der Waals surface area contributed by atoms with Crippen LogP contribution in [0.25, 0.3) is 0 Å². The maximum Gasteiger partial charge on any atom is 0.126 e. The van der Waals surface area contributed by atoms with Crippen molar-refractivity contribution < 1.29 is 4.39 Å². The van der Waals surface area contributed by atoms with Crippen LogP contribution in [0.4, 0.5) is 4.39 Å². The maximum absolute atomic E-state index is 13.9. The molecule has 1 aliphatic rings. The number of nitrogens with one attached hydrogen (secondary N) is 1. The number of fused-ring (bicyclic) bond motifs is 1. The molecule has 4 heteroatoms. The van der Waals surface area contributed by atoms with Crippen molar-refractivity contribution in [2.75, 3.05) is 0 Å². The van der Waals surface area contributed by atoms with Crippen LogP contribution in [0, 0.1) is 11.7 Å². The van der Waals surface area contributed by atoms with Crippen LogP contribution in [0.2, 0.25) is 0 Å². The summed E-state index contributed by atoms with van der Waals surface area (Å²) in [5, 5.41) is 7.88. The molecular formula is C17H22FN3. The van der Waals surface area contributed by atoms with E-state index in [9.17, 15) is 4.39 Å². The zero-order valence-electron chi connectivity index (χ0n) is 12.6. The predicted octanol–water partition coefficient (Wildman–Crippen LogP) is 3.46. The molecule has 0 saturated heterocycles. The van der Waals surface area contributed by atoms with Gasteiger partial charge in [-0.1, -0.05) is 19.1 Å². The van der Waals surface area contributed by atoms with Gasteiger partial charge in [-0.2, -0.15) is 5.10 Å². The van der Waals surface area contributed by atoms with Gasteiger partial charge in [-0.15, -0.1) is 0 Å². The van der Waals surface area contributed by atoms with E-state index in [0.717, 1.165) is 37.1 Å². The Bertz CT molecular complexity index is 620. The van der Waals surface area contributed by atoms with Crippen molar-refractivity contribution >= 4 is 0 Å². The molecule has 21 heavy (non-hydrogen) atoms. The first-order valence-corrected chi connectivity index (χ1v) is 7.71. The van der Waals surface area contributed by atoms with E-state index >= 15 is 0 Å². The summed E-state index contributed by atoms with van der Waals surface area (Å²) in [5.74, 6) is 0.450. The minimum atomic E-state index is -0.0648. The van der Waals surface area contributed by atoms with E-state index in [2.05, 4.69) is 36.5 Å². The van der Waals surface area contributed by atoms with Crippen LogP contribution in [0.1, 0.15) is 43.0 Å². The first-order chi connectivity index (χ1) is 10.2. The Morgan fingerprint density at radius 2 is 2.29 bits per heavy atom. The van der Waals surface area contributed by atoms with E-state index in [1.807, 2.05) is 16.9 Å². The van der Waals surface area contributed by atoms with Crippen molar-refractivity contribution in [3.8, 4) is 0 Å². The average Bonchev–Trinajstić information content (AvgIpc) is 2.94. The highest BCUT2D eigenvalue weighted by atomic mass is 19.1. The Morgan fingerprint density at radius 3 is 3.05 bits per heavy atom. The summed E-state index contributed by atoms with van der Waals surface area (Å²) in [6, 6.07) is 5.66. The molecule has 0 unspecified atom stereocenters. The number of rotatable bonds is 4. The van der Waals surface area contributed by atoms with Gasteiger partial charge in [0.25, 0.3) is 0 Å². The van der Waals surface area contributed by atoms with Gasteiger partial charge in [0, 0.05) is 30.9 Å². The van der Waals surface area contributed by atoms with Crippen LogP contribution in [-0.4, -0.2) is 9.78 Å². The largest absolute Gasteiger partial charge is 0.305 e. The number of aromatic nitrogens is 2. The molecule has 112 valence electrons. The third kappa shape index (κ3) is 2.86. The lowest BCUT2D eigenvalue weighted by molar-refractivity contribution is 0.338. The Kier molecular flexibility index (Phi) is 4.06. The van der Waals surface area contributed by atoms with E-state index in [-0.39, 0.29) is 11.9 Å². The lowest BCUT2D eigenvalue weighted by Crippen LogP contribution is -2.31. The minimum Gasteiger partial charge on any atom is -0.305 e. The summed E-state index contributed by atoms with van der Waals surface area (Å²) >= 11 is 0. The third-order valence-electron chi connectivity index (χ3n) is 4.45. The SMILES string of the molecule is CCn1cc(CN[C@H]2c3cccc(F)c3CC[C@@H]2C)cn1. The predicted molar refractivity (Wildman–Crippen MR) is 81.4 cm³/mol. The summed E-state index contributed by atoms with van der Waals surface area (Å²) in [5.41, 5.74) is 3.18. The first kappa shape index (κ1) is 14.3. The molecule has 0 spiro atoms. The zero-order valence-corrected chi connectivity index (χ0v) is 12.6. The molecule has 0 amide bonds. The molecule has 0 bridgehead atoms. The van der Waals surface area contributed by atoms with Gasteiger partial charge in [-0.3, -0.25) is 4.68 Å². The second-order valence-electron chi connectivity index (χ2n) is 5.89. The van der Waals surface area contributed by atoms with Crippen LogP contribution in [0.15, 0.2) is 30.6 Å². The highest BCUT2D eigenvalue weighted by Crippen LogP contribution is 2.35. The molecule has 0 radical (unpaired) electrons. The smallest absolute Gasteiger partial charge is 0.126 e. The van der Waals surface area contributed by atoms with Crippen LogP contribution in [0.5, 0.6) is 0 Å². The van der Waals surface area contributed by atoms with Gasteiger partial charge < -0.3 is 5.32 Å². The van der Waals surface area contributed by atoms with Gasteiger partial charge in [-0.05, 0) is 42.9 Å². The Balaban J connectivity index is 1.77. The van der Waals surface area contributed by atoms with Crippen molar-refractivity contribution in [1.82, 2.24) is 15.1 Å². The van der Waals surface area contributed by atoms with Crippen molar-refractivity contribution in [2.45, 2.75) is 45.8 Å². The molecule has 1 aliphatic carbocycles. The quantitative estimate of drug-likeness (QED) is 0.933. The standard InChI is InChI=1S/C17H22FN3/c1-3-21-11-13(10-20-21)9-19-17-12(2)7-8-14-15(17)5-4-6-16(14)18/h4-6,10-12,17,19H,3,7-9H2,1-2H3/t12-,17+/m0/s1. The average molecular weight is 287 g/mol. The molecule has 1 aromatic heterocycles. The Hall–Kier alpha value is -1.68. The molecule has 0 fully saturated rings. The van der Waals surface area contributed by atoms with Crippen LogP contribution < -0.4 is 5.32 Å². The van der Waals surface area contributed by atoms with Crippen LogP contribution in [-0.2, 0) is 19.5 Å². The number of aryl methyl sites for hydroxylation is 1. The van der Waals surface area contributed by atoms with Crippen molar-refractivity contribution in [3.05, 3.63) is 53.1 Å². The van der Waals surface area contributed by atoms with Crippen molar-refractivity contribution in [1.29, 1.82) is 0 Å². The highest BCUT2D eigenvalue weighted by molar-refractivity contribution is 5.34. The highest BCUT2D eigenvalue weighted by Gasteiger charge is 2.27. The second kappa shape index (κ2) is 5.98. The van der Waals surface area contributed by atoms with Gasteiger partial charge in [-0.25, -0.2) is 4.39 Å². The zero-order chi connectivity index (χ0) is 14.8. The fraction of sp³-hybridized carbons (Fsp3) is 0.471. The fourth-order valence-electron chi connectivity index (χ4n) is 3.19. The summed E-state index contributed by atoms with van der Waals surface area (Å²) < 4.78 is 15.9. The molecular weight excluding hydrogens is 265 g/mol. The van der Waals surface area contributed by atoms with E-state index in [4.69, 9.17) is 0 Å². The molecule has 1 aromatic carbocycles. The molecule has 2 aromatic rings. The minimum absolute atomic E-state index is 0.0648. The number of nitrogens with zero attached hydrogens (tertiary/aromatic N) is 2. The molecule has 1 heterocycles. The maximum atomic E-state index is 13.9. The molecule has 3 rings (SSSR count). The summed E-state index contributed by atoms with van der Waals surface area (Å²) in [6.45, 7) is 5.96. The first-order valence-electron chi connectivity index (χ1n) is 7.71. The van der Waals surface area contributed by atoms with Gasteiger partial charge in [0.1, 0.15) is 5.82 Å². The molecule has 2 atom stereocenters. The molecule has 0 saturated carbocycles. The number of halogens is 1. The van der Waals surface area contributed by atoms with E-state index in [0.29, 0.717) is 5.92 Å². The second-order valence-corrected chi connectivity index (χ2v) is 5.89. The summed E-state index contributed by atoms with van der Waals surface area (Å²) in [7, 11) is 0. The molecule has 1 N–H and O–H groups in total. The van der Waals surface area contributed by atoms with Crippen LogP contribution >= 0.6 is 0 Å². The fourth-order valence-corrected chi connectivity index (χ4v) is 3.19. The van der Waals surface area contributed by atoms with Gasteiger partial charge >= 0.3 is 0 Å². The Morgan fingerprint density at radius 1 is 1.43 bits per heavy atom. The molecule has 3 nitrogen and oxygen atoms in total. The lowest BCUT2D eigenvalue weighted by Gasteiger charge is -2.32. The number of hydrogen-bond donors (Lipinski definition) is 1. The van der Waals surface area contributed by atoms with E-state index in [1.54, 1.807) is 6.07 Å². The van der Waals surface area contributed by atoms with Gasteiger partial charge in [0.15, 0.2) is 0 Å². The van der Waals surface area contributed by atoms with Crippen molar-refractivity contribution in [2.24, 2.45) is 5.92 Å². The normalized spacial score (nSPS) is 21.3. The summed E-state index contributed by atoms with van der Waals surface area (Å²) in [4.78, 5) is 0. The Labute approximate surface area is 125 Å². The van der Waals surface area contributed by atoms with E-state index in [1.165, 1.54) is 5.56 Å². The summed E-state index contributed by atoms with van der Waals surface area (Å²) in [6.07, 6.45) is 5.83. The van der Waals surface area contributed by atoms with Crippen LogP contribution in [0.3, 0.4) is 0 Å². The van der Waals surface area contributed by atoms with E-state index < -0.39 is 0 Å². The topological polar surface area (TPSA) is 29.9 Å². The third-order valence-corrected chi connectivity index (χ3v) is 4.45. The van der Waals surface area contributed by atoms with Crippen molar-refractivity contribution in [3.63, 3.8) is 0 Å². The lowest BCUT2D eigenvalue weighted by atomic mass is 9.80. The molecule has 0 aliphatic heterocycles. The van der Waals surface area contributed by atoms with Gasteiger partial charge in [0.05, 0.1) is 6.20 Å². The number of hydrogen-bond acceptors (Lipinski definition) is 2. The van der Waals surface area contributed by atoms with Gasteiger partial charge in [0.2, 0.25) is 0 Å². The monoisotopic (exact) mass is 287 g/mol.